The summed E-state index contributed by atoms with van der Waals surface area (Å²) in [5, 5.41) is 2.43. The SMILES string of the molecule is COc1ccc(C(=O)C=CSc2nc3cc(Cl)ccc3s2)cc1. The van der Waals surface area contributed by atoms with Crippen molar-refractivity contribution in [2.75, 3.05) is 7.11 Å². The van der Waals surface area contributed by atoms with Crippen molar-refractivity contribution in [1.29, 1.82) is 0 Å². The minimum Gasteiger partial charge on any atom is -0.497 e. The Hall–Kier alpha value is -1.82. The molecule has 0 unspecified atom stereocenters. The van der Waals surface area contributed by atoms with Crippen molar-refractivity contribution >= 4 is 50.7 Å². The molecule has 23 heavy (non-hydrogen) atoms. The van der Waals surface area contributed by atoms with Crippen LogP contribution in [-0.2, 0) is 0 Å². The van der Waals surface area contributed by atoms with Crippen LogP contribution in [0, 0.1) is 0 Å². The van der Waals surface area contributed by atoms with Crippen LogP contribution in [0.15, 0.2) is 58.3 Å². The lowest BCUT2D eigenvalue weighted by Crippen LogP contribution is -1.93. The Morgan fingerprint density at radius 3 is 2.78 bits per heavy atom. The average Bonchev–Trinajstić information content (AvgIpc) is 2.96. The quantitative estimate of drug-likeness (QED) is 0.344. The van der Waals surface area contributed by atoms with Crippen molar-refractivity contribution in [1.82, 2.24) is 4.98 Å². The number of carbonyl (C=O) groups excluding carboxylic acids is 1. The second-order valence-corrected chi connectivity index (χ2v) is 7.23. The average molecular weight is 362 g/mol. The first-order valence-corrected chi connectivity index (χ1v) is 8.81. The fourth-order valence-corrected chi connectivity index (χ4v) is 3.87. The molecule has 2 aromatic carbocycles. The van der Waals surface area contributed by atoms with Gasteiger partial charge < -0.3 is 4.74 Å². The standard InChI is InChI=1S/C17H12ClNO2S2/c1-21-13-5-2-11(3-6-13)15(20)8-9-22-17-19-14-10-12(18)4-7-16(14)23-17/h2-10H,1H3. The van der Waals surface area contributed by atoms with E-state index in [1.807, 2.05) is 18.2 Å². The van der Waals surface area contributed by atoms with Gasteiger partial charge in [-0.15, -0.1) is 11.3 Å². The van der Waals surface area contributed by atoms with Gasteiger partial charge in [0, 0.05) is 10.6 Å². The molecule has 0 fully saturated rings. The number of aromatic nitrogens is 1. The van der Waals surface area contributed by atoms with Gasteiger partial charge in [0.2, 0.25) is 0 Å². The first-order chi connectivity index (χ1) is 11.2. The van der Waals surface area contributed by atoms with Crippen LogP contribution in [0.2, 0.25) is 5.02 Å². The number of thioether (sulfide) groups is 1. The van der Waals surface area contributed by atoms with Gasteiger partial charge in [-0.1, -0.05) is 23.4 Å². The van der Waals surface area contributed by atoms with Gasteiger partial charge in [0.25, 0.3) is 0 Å². The van der Waals surface area contributed by atoms with E-state index in [0.29, 0.717) is 10.6 Å². The molecule has 0 amide bonds. The van der Waals surface area contributed by atoms with E-state index in [0.717, 1.165) is 20.3 Å². The third-order valence-electron chi connectivity index (χ3n) is 3.09. The summed E-state index contributed by atoms with van der Waals surface area (Å²) < 4.78 is 7.03. The molecule has 0 saturated carbocycles. The molecule has 0 saturated heterocycles. The second kappa shape index (κ2) is 7.17. The molecule has 0 aliphatic rings. The molecule has 3 rings (SSSR count). The molecular weight excluding hydrogens is 350 g/mol. The first kappa shape index (κ1) is 16.1. The number of hydrogen-bond donors (Lipinski definition) is 0. The van der Waals surface area contributed by atoms with Crippen molar-refractivity contribution in [3.8, 4) is 5.75 Å². The molecule has 116 valence electrons. The Bertz CT molecular complexity index is 872. The molecule has 0 aliphatic heterocycles. The molecule has 0 bridgehead atoms. The molecule has 0 spiro atoms. The number of benzene rings is 2. The van der Waals surface area contributed by atoms with E-state index in [2.05, 4.69) is 4.98 Å². The first-order valence-electron chi connectivity index (χ1n) is 6.73. The molecule has 0 radical (unpaired) electrons. The largest absolute Gasteiger partial charge is 0.497 e. The molecule has 0 atom stereocenters. The highest BCUT2D eigenvalue weighted by atomic mass is 35.5. The van der Waals surface area contributed by atoms with Crippen molar-refractivity contribution < 1.29 is 9.53 Å². The van der Waals surface area contributed by atoms with Crippen LogP contribution >= 0.6 is 34.7 Å². The Balaban J connectivity index is 1.67. The Morgan fingerprint density at radius 1 is 1.26 bits per heavy atom. The Morgan fingerprint density at radius 2 is 2.04 bits per heavy atom. The van der Waals surface area contributed by atoms with Gasteiger partial charge in [0.1, 0.15) is 5.75 Å². The van der Waals surface area contributed by atoms with Gasteiger partial charge in [0.15, 0.2) is 10.1 Å². The summed E-state index contributed by atoms with van der Waals surface area (Å²) in [6.45, 7) is 0. The summed E-state index contributed by atoms with van der Waals surface area (Å²) in [5.41, 5.74) is 1.50. The van der Waals surface area contributed by atoms with Crippen molar-refractivity contribution in [3.63, 3.8) is 0 Å². The minimum atomic E-state index is -0.0516. The van der Waals surface area contributed by atoms with Crippen molar-refractivity contribution in [2.24, 2.45) is 0 Å². The number of halogens is 1. The third-order valence-corrected chi connectivity index (χ3v) is 5.26. The monoisotopic (exact) mass is 361 g/mol. The molecular formula is C17H12ClNO2S2. The normalized spacial score (nSPS) is 11.2. The van der Waals surface area contributed by atoms with Crippen molar-refractivity contribution in [3.05, 3.63) is 64.5 Å². The van der Waals surface area contributed by atoms with Crippen LogP contribution in [0.1, 0.15) is 10.4 Å². The summed E-state index contributed by atoms with van der Waals surface area (Å²) in [6, 6.07) is 12.7. The van der Waals surface area contributed by atoms with Gasteiger partial charge in [-0.25, -0.2) is 4.98 Å². The molecule has 3 aromatic rings. The maximum Gasteiger partial charge on any atom is 0.186 e. The number of allylic oxidation sites excluding steroid dienone is 1. The van der Waals surface area contributed by atoms with E-state index in [4.69, 9.17) is 16.3 Å². The van der Waals surface area contributed by atoms with Crippen LogP contribution in [0.5, 0.6) is 5.75 Å². The number of ether oxygens (including phenoxy) is 1. The number of thiazole rings is 1. The van der Waals surface area contributed by atoms with Crippen LogP contribution in [0.3, 0.4) is 0 Å². The third kappa shape index (κ3) is 3.93. The topological polar surface area (TPSA) is 39.2 Å². The number of rotatable bonds is 5. The predicted octanol–water partition coefficient (Wildman–Crippen LogP) is 5.45. The summed E-state index contributed by atoms with van der Waals surface area (Å²) >= 11 is 8.95. The molecule has 0 N–H and O–H groups in total. The maximum atomic E-state index is 12.1. The highest BCUT2D eigenvalue weighted by molar-refractivity contribution is 8.03. The number of hydrogen-bond acceptors (Lipinski definition) is 5. The summed E-state index contributed by atoms with van der Waals surface area (Å²) in [5.74, 6) is 0.678. The van der Waals surface area contributed by atoms with Gasteiger partial charge >= 0.3 is 0 Å². The van der Waals surface area contributed by atoms with E-state index in [1.165, 1.54) is 11.8 Å². The van der Waals surface area contributed by atoms with Crippen LogP contribution in [0.4, 0.5) is 0 Å². The number of methoxy groups -OCH3 is 1. The van der Waals surface area contributed by atoms with Gasteiger partial charge in [-0.05, 0) is 53.9 Å². The van der Waals surface area contributed by atoms with E-state index < -0.39 is 0 Å². The second-order valence-electron chi connectivity index (χ2n) is 4.61. The van der Waals surface area contributed by atoms with Crippen LogP contribution in [0.25, 0.3) is 10.2 Å². The van der Waals surface area contributed by atoms with E-state index >= 15 is 0 Å². The highest BCUT2D eigenvalue weighted by Crippen LogP contribution is 2.31. The predicted molar refractivity (Wildman–Crippen MR) is 97.0 cm³/mol. The zero-order valence-electron chi connectivity index (χ0n) is 12.2. The highest BCUT2D eigenvalue weighted by Gasteiger charge is 2.05. The van der Waals surface area contributed by atoms with Gasteiger partial charge in [-0.3, -0.25) is 4.79 Å². The zero-order valence-corrected chi connectivity index (χ0v) is 14.5. The molecule has 6 heteroatoms. The Labute approximate surface area is 147 Å². The van der Waals surface area contributed by atoms with E-state index in [1.54, 1.807) is 54.2 Å². The maximum absolute atomic E-state index is 12.1. The summed E-state index contributed by atoms with van der Waals surface area (Å²) in [6.07, 6.45) is 1.55. The van der Waals surface area contributed by atoms with Gasteiger partial charge in [-0.2, -0.15) is 0 Å². The molecule has 3 nitrogen and oxygen atoms in total. The molecule has 1 aromatic heterocycles. The fraction of sp³-hybridized carbons (Fsp3) is 0.0588. The van der Waals surface area contributed by atoms with Crippen molar-refractivity contribution in [2.45, 2.75) is 4.34 Å². The smallest absolute Gasteiger partial charge is 0.186 e. The number of fused-ring (bicyclic) bond motifs is 1. The lowest BCUT2D eigenvalue weighted by molar-refractivity contribution is 0.104. The van der Waals surface area contributed by atoms with E-state index in [-0.39, 0.29) is 5.78 Å². The van der Waals surface area contributed by atoms with E-state index in [9.17, 15) is 4.79 Å². The number of ketones is 1. The van der Waals surface area contributed by atoms with Crippen LogP contribution in [-0.4, -0.2) is 17.9 Å². The fourth-order valence-electron chi connectivity index (χ4n) is 1.94. The Kier molecular flexibility index (Phi) is 5.00. The molecule has 0 aliphatic carbocycles. The zero-order chi connectivity index (χ0) is 16.2. The lowest BCUT2D eigenvalue weighted by Gasteiger charge is -1.99. The number of nitrogens with zero attached hydrogens (tertiary/aromatic N) is 1. The minimum absolute atomic E-state index is 0.0516. The van der Waals surface area contributed by atoms with Crippen LogP contribution < -0.4 is 4.74 Å². The summed E-state index contributed by atoms with van der Waals surface area (Å²) in [4.78, 5) is 16.6. The summed E-state index contributed by atoms with van der Waals surface area (Å²) in [7, 11) is 1.60. The number of carbonyl (C=O) groups is 1. The lowest BCUT2D eigenvalue weighted by atomic mass is 10.1. The molecule has 1 heterocycles. The van der Waals surface area contributed by atoms with Gasteiger partial charge in [0.05, 0.1) is 17.3 Å².